The first kappa shape index (κ1) is 20.3. The normalized spacial score (nSPS) is 14.2. The summed E-state index contributed by atoms with van der Waals surface area (Å²) < 4.78 is 13.2. The minimum Gasteiger partial charge on any atom is -0.339 e. The molecule has 1 heterocycles. The highest BCUT2D eigenvalue weighted by Crippen LogP contribution is 2.20. The van der Waals surface area contributed by atoms with Crippen LogP contribution >= 0.6 is 11.6 Å². The predicted octanol–water partition coefficient (Wildman–Crippen LogP) is 3.96. The molecular weight excluding hydrogens is 379 g/mol. The van der Waals surface area contributed by atoms with Crippen LogP contribution in [0.2, 0.25) is 5.02 Å². The lowest BCUT2D eigenvalue weighted by atomic mass is 10.1. The first-order valence-electron chi connectivity index (χ1n) is 9.58. The minimum atomic E-state index is -0.471. The van der Waals surface area contributed by atoms with Crippen LogP contribution in [0.3, 0.4) is 0 Å². The second-order valence-corrected chi connectivity index (χ2v) is 7.37. The van der Waals surface area contributed by atoms with E-state index in [4.69, 9.17) is 11.6 Å². The molecule has 0 unspecified atom stereocenters. The van der Waals surface area contributed by atoms with Gasteiger partial charge in [0.15, 0.2) is 0 Å². The Labute approximate surface area is 169 Å². The van der Waals surface area contributed by atoms with E-state index < -0.39 is 5.82 Å². The molecule has 1 aliphatic heterocycles. The fourth-order valence-corrected chi connectivity index (χ4v) is 3.59. The van der Waals surface area contributed by atoms with Gasteiger partial charge in [-0.15, -0.1) is 0 Å². The van der Waals surface area contributed by atoms with Crippen LogP contribution in [0.4, 0.5) is 4.39 Å². The van der Waals surface area contributed by atoms with Crippen molar-refractivity contribution >= 4 is 23.4 Å². The molecular formula is C22H24ClFN2O2. The number of nitrogens with zero attached hydrogens (tertiary/aromatic N) is 2. The van der Waals surface area contributed by atoms with Crippen molar-refractivity contribution in [3.63, 3.8) is 0 Å². The van der Waals surface area contributed by atoms with Crippen LogP contribution in [0.5, 0.6) is 0 Å². The first-order chi connectivity index (χ1) is 13.5. The molecule has 6 heteroatoms. The molecule has 28 heavy (non-hydrogen) atoms. The van der Waals surface area contributed by atoms with Gasteiger partial charge < -0.3 is 9.80 Å². The standard InChI is InChI=1S/C22H24ClFN2O2/c1-2-16-3-5-17(6-4-16)7-10-21(27)25-11-13-26(14-12-25)22(28)19-9-8-18(24)15-20(19)23/h3-6,8-9,15H,2,7,10-14H2,1H3. The molecule has 0 spiro atoms. The van der Waals surface area contributed by atoms with E-state index in [2.05, 4.69) is 31.2 Å². The summed E-state index contributed by atoms with van der Waals surface area (Å²) in [5, 5.41) is 0.109. The molecule has 2 amide bonds. The van der Waals surface area contributed by atoms with Crippen molar-refractivity contribution in [1.29, 1.82) is 0 Å². The summed E-state index contributed by atoms with van der Waals surface area (Å²) in [7, 11) is 0. The smallest absolute Gasteiger partial charge is 0.255 e. The molecule has 0 saturated carbocycles. The zero-order valence-corrected chi connectivity index (χ0v) is 16.7. The maximum atomic E-state index is 13.2. The molecule has 0 atom stereocenters. The molecule has 2 aromatic rings. The van der Waals surface area contributed by atoms with Crippen LogP contribution < -0.4 is 0 Å². The van der Waals surface area contributed by atoms with Crippen molar-refractivity contribution < 1.29 is 14.0 Å². The number of halogens is 2. The van der Waals surface area contributed by atoms with E-state index in [-0.39, 0.29) is 16.8 Å². The maximum absolute atomic E-state index is 13.2. The van der Waals surface area contributed by atoms with Gasteiger partial charge in [0.25, 0.3) is 5.91 Å². The quantitative estimate of drug-likeness (QED) is 0.759. The van der Waals surface area contributed by atoms with Crippen LogP contribution in [-0.2, 0) is 17.6 Å². The third kappa shape index (κ3) is 4.90. The summed E-state index contributed by atoms with van der Waals surface area (Å²) >= 11 is 5.99. The highest BCUT2D eigenvalue weighted by atomic mass is 35.5. The van der Waals surface area contributed by atoms with Gasteiger partial charge in [0.1, 0.15) is 5.82 Å². The number of carbonyl (C=O) groups is 2. The van der Waals surface area contributed by atoms with E-state index in [1.165, 1.54) is 17.7 Å². The summed E-state index contributed by atoms with van der Waals surface area (Å²) in [5.41, 5.74) is 2.74. The van der Waals surface area contributed by atoms with E-state index in [1.807, 2.05) is 0 Å². The van der Waals surface area contributed by atoms with Crippen LogP contribution in [0.25, 0.3) is 0 Å². The molecule has 1 fully saturated rings. The Morgan fingerprint density at radius 1 is 0.964 bits per heavy atom. The number of piperazine rings is 1. The Hall–Kier alpha value is -2.40. The van der Waals surface area contributed by atoms with Gasteiger partial charge in [-0.05, 0) is 42.2 Å². The number of rotatable bonds is 5. The number of hydrogen-bond donors (Lipinski definition) is 0. The lowest BCUT2D eigenvalue weighted by Crippen LogP contribution is -2.50. The summed E-state index contributed by atoms with van der Waals surface area (Å²) in [6.45, 7) is 4.01. The van der Waals surface area contributed by atoms with Gasteiger partial charge in [0.2, 0.25) is 5.91 Å². The number of carbonyl (C=O) groups excluding carboxylic acids is 2. The van der Waals surface area contributed by atoms with E-state index in [0.29, 0.717) is 44.6 Å². The van der Waals surface area contributed by atoms with E-state index >= 15 is 0 Å². The highest BCUT2D eigenvalue weighted by molar-refractivity contribution is 6.33. The van der Waals surface area contributed by atoms with Gasteiger partial charge in [-0.1, -0.05) is 42.8 Å². The van der Waals surface area contributed by atoms with E-state index in [1.54, 1.807) is 9.80 Å². The monoisotopic (exact) mass is 402 g/mol. The first-order valence-corrected chi connectivity index (χ1v) is 9.95. The molecule has 1 saturated heterocycles. The van der Waals surface area contributed by atoms with E-state index in [0.717, 1.165) is 18.1 Å². The average Bonchev–Trinajstić information content (AvgIpc) is 2.72. The fourth-order valence-electron chi connectivity index (χ4n) is 3.34. The van der Waals surface area contributed by atoms with Gasteiger partial charge in [0, 0.05) is 32.6 Å². The fraction of sp³-hybridized carbons (Fsp3) is 0.364. The molecule has 0 aromatic heterocycles. The van der Waals surface area contributed by atoms with Crippen molar-refractivity contribution in [3.05, 3.63) is 70.0 Å². The zero-order chi connectivity index (χ0) is 20.1. The number of amides is 2. The van der Waals surface area contributed by atoms with Crippen molar-refractivity contribution in [2.45, 2.75) is 26.2 Å². The molecule has 3 rings (SSSR count). The Kier molecular flexibility index (Phi) is 6.68. The van der Waals surface area contributed by atoms with Gasteiger partial charge >= 0.3 is 0 Å². The highest BCUT2D eigenvalue weighted by Gasteiger charge is 2.25. The van der Waals surface area contributed by atoms with Crippen molar-refractivity contribution in [2.75, 3.05) is 26.2 Å². The minimum absolute atomic E-state index is 0.103. The topological polar surface area (TPSA) is 40.6 Å². The van der Waals surface area contributed by atoms with Crippen LogP contribution in [0.1, 0.15) is 34.8 Å². The second-order valence-electron chi connectivity index (χ2n) is 6.97. The summed E-state index contributed by atoms with van der Waals surface area (Å²) in [6.07, 6.45) is 2.18. The number of aryl methyl sites for hydroxylation is 2. The van der Waals surface area contributed by atoms with Gasteiger partial charge in [-0.3, -0.25) is 9.59 Å². The largest absolute Gasteiger partial charge is 0.339 e. The average molecular weight is 403 g/mol. The Morgan fingerprint density at radius 3 is 2.18 bits per heavy atom. The summed E-state index contributed by atoms with van der Waals surface area (Å²) in [4.78, 5) is 28.5. The van der Waals surface area contributed by atoms with Crippen LogP contribution in [0, 0.1) is 5.82 Å². The van der Waals surface area contributed by atoms with E-state index in [9.17, 15) is 14.0 Å². The molecule has 0 N–H and O–H groups in total. The van der Waals surface area contributed by atoms with Gasteiger partial charge in [-0.2, -0.15) is 0 Å². The molecule has 0 radical (unpaired) electrons. The Morgan fingerprint density at radius 2 is 1.57 bits per heavy atom. The van der Waals surface area contributed by atoms with Crippen molar-refractivity contribution in [3.8, 4) is 0 Å². The molecule has 2 aromatic carbocycles. The SMILES string of the molecule is CCc1ccc(CCC(=O)N2CCN(C(=O)c3ccc(F)cc3Cl)CC2)cc1. The summed E-state index contributed by atoms with van der Waals surface area (Å²) in [5.74, 6) is -0.596. The third-order valence-corrected chi connectivity index (χ3v) is 5.45. The number of hydrogen-bond acceptors (Lipinski definition) is 2. The second kappa shape index (κ2) is 9.20. The molecule has 1 aliphatic rings. The molecule has 148 valence electrons. The Balaban J connectivity index is 1.50. The lowest BCUT2D eigenvalue weighted by molar-refractivity contribution is -0.132. The molecule has 0 aliphatic carbocycles. The Bertz CT molecular complexity index is 846. The zero-order valence-electron chi connectivity index (χ0n) is 16.0. The molecule has 4 nitrogen and oxygen atoms in total. The van der Waals surface area contributed by atoms with Crippen molar-refractivity contribution in [1.82, 2.24) is 9.80 Å². The summed E-state index contributed by atoms with van der Waals surface area (Å²) in [6, 6.07) is 12.1. The molecule has 0 bridgehead atoms. The van der Waals surface area contributed by atoms with Crippen LogP contribution in [0.15, 0.2) is 42.5 Å². The number of benzene rings is 2. The third-order valence-electron chi connectivity index (χ3n) is 5.14. The lowest BCUT2D eigenvalue weighted by Gasteiger charge is -2.35. The van der Waals surface area contributed by atoms with Crippen LogP contribution in [-0.4, -0.2) is 47.8 Å². The predicted molar refractivity (Wildman–Crippen MR) is 108 cm³/mol. The van der Waals surface area contributed by atoms with Gasteiger partial charge in [-0.25, -0.2) is 4.39 Å². The van der Waals surface area contributed by atoms with Gasteiger partial charge in [0.05, 0.1) is 10.6 Å². The maximum Gasteiger partial charge on any atom is 0.255 e. The van der Waals surface area contributed by atoms with Crippen molar-refractivity contribution in [2.24, 2.45) is 0 Å².